The van der Waals surface area contributed by atoms with Crippen LogP contribution in [-0.2, 0) is 15.8 Å². The molecule has 0 aliphatic carbocycles. The van der Waals surface area contributed by atoms with Gasteiger partial charge in [-0.3, -0.25) is 14.5 Å². The van der Waals surface area contributed by atoms with Gasteiger partial charge in [-0.25, -0.2) is 15.0 Å². The van der Waals surface area contributed by atoms with Gasteiger partial charge in [-0.1, -0.05) is 23.5 Å². The van der Waals surface area contributed by atoms with Crippen LogP contribution < -0.4 is 15.4 Å². The first-order chi connectivity index (χ1) is 19.0. The van der Waals surface area contributed by atoms with E-state index in [1.807, 2.05) is 24.9 Å². The number of thiazole rings is 1. The molecule has 13 heteroatoms. The third kappa shape index (κ3) is 5.75. The number of carbonyl (C=O) groups is 2. The highest BCUT2D eigenvalue weighted by Gasteiger charge is 2.34. The van der Waals surface area contributed by atoms with Crippen molar-refractivity contribution in [2.24, 2.45) is 0 Å². The van der Waals surface area contributed by atoms with Crippen LogP contribution in [0, 0.1) is 0 Å². The predicted octanol–water partition coefficient (Wildman–Crippen LogP) is 5.94. The SMILES string of the molecule is CC(=O)Nc1nc2c(Oc3cc(-c4ccc(C(F)(F)F)cc4NC(=O)C4CCC(C)N4C)ncn3)cccc2s1. The maximum absolute atomic E-state index is 13.6. The summed E-state index contributed by atoms with van der Waals surface area (Å²) < 4.78 is 47.5. The molecule has 1 aliphatic heterocycles. The summed E-state index contributed by atoms with van der Waals surface area (Å²) in [6.45, 7) is 3.38. The van der Waals surface area contributed by atoms with E-state index in [1.54, 1.807) is 12.1 Å². The first-order valence-electron chi connectivity index (χ1n) is 12.4. The Morgan fingerprint density at radius 2 is 1.90 bits per heavy atom. The lowest BCUT2D eigenvalue weighted by atomic mass is 10.0. The number of nitrogens with one attached hydrogen (secondary N) is 2. The molecule has 1 aliphatic rings. The summed E-state index contributed by atoms with van der Waals surface area (Å²) in [5.41, 5.74) is 0.136. The molecule has 0 saturated carbocycles. The Balaban J connectivity index is 1.47. The van der Waals surface area contributed by atoms with Crippen molar-refractivity contribution < 1.29 is 27.5 Å². The van der Waals surface area contributed by atoms with Crippen molar-refractivity contribution in [3.8, 4) is 22.9 Å². The van der Waals surface area contributed by atoms with Gasteiger partial charge in [0.25, 0.3) is 0 Å². The summed E-state index contributed by atoms with van der Waals surface area (Å²) in [4.78, 5) is 39.2. The number of anilines is 2. The lowest BCUT2D eigenvalue weighted by Gasteiger charge is -2.23. The minimum absolute atomic E-state index is 0.0148. The van der Waals surface area contributed by atoms with Crippen LogP contribution in [0.25, 0.3) is 21.5 Å². The van der Waals surface area contributed by atoms with Crippen LogP contribution in [0.5, 0.6) is 11.6 Å². The van der Waals surface area contributed by atoms with Gasteiger partial charge in [0.2, 0.25) is 17.7 Å². The van der Waals surface area contributed by atoms with Gasteiger partial charge in [-0.05, 0) is 51.1 Å². The summed E-state index contributed by atoms with van der Waals surface area (Å²) in [7, 11) is 1.82. The van der Waals surface area contributed by atoms with Crippen molar-refractivity contribution in [1.29, 1.82) is 0 Å². The fourth-order valence-corrected chi connectivity index (χ4v) is 5.49. The number of carbonyl (C=O) groups excluding carboxylic acids is 2. The molecule has 1 fully saturated rings. The molecule has 1 saturated heterocycles. The van der Waals surface area contributed by atoms with E-state index in [4.69, 9.17) is 4.74 Å². The maximum Gasteiger partial charge on any atom is 0.416 e. The van der Waals surface area contributed by atoms with E-state index in [2.05, 4.69) is 25.6 Å². The van der Waals surface area contributed by atoms with Gasteiger partial charge in [-0.2, -0.15) is 13.2 Å². The van der Waals surface area contributed by atoms with Crippen LogP contribution in [0.15, 0.2) is 48.8 Å². The van der Waals surface area contributed by atoms with Crippen LogP contribution in [0.3, 0.4) is 0 Å². The molecule has 9 nitrogen and oxygen atoms in total. The number of benzene rings is 2. The molecule has 3 heterocycles. The molecular formula is C27H25F3N6O3S. The highest BCUT2D eigenvalue weighted by Crippen LogP contribution is 2.38. The Morgan fingerprint density at radius 1 is 1.10 bits per heavy atom. The number of hydrogen-bond donors (Lipinski definition) is 2. The van der Waals surface area contributed by atoms with Crippen LogP contribution >= 0.6 is 11.3 Å². The fraction of sp³-hybridized carbons (Fsp3) is 0.296. The van der Waals surface area contributed by atoms with Crippen molar-refractivity contribution in [1.82, 2.24) is 19.9 Å². The van der Waals surface area contributed by atoms with Gasteiger partial charge in [0.15, 0.2) is 10.9 Å². The Labute approximate surface area is 231 Å². The average Bonchev–Trinajstić information content (AvgIpc) is 3.46. The third-order valence-electron chi connectivity index (χ3n) is 6.75. The zero-order valence-electron chi connectivity index (χ0n) is 21.7. The number of para-hydroxylation sites is 1. The zero-order valence-corrected chi connectivity index (χ0v) is 22.6. The van der Waals surface area contributed by atoms with Crippen LogP contribution in [-0.4, -0.2) is 50.8 Å². The van der Waals surface area contributed by atoms with Crippen molar-refractivity contribution in [3.05, 3.63) is 54.4 Å². The van der Waals surface area contributed by atoms with E-state index in [-0.39, 0.29) is 40.7 Å². The van der Waals surface area contributed by atoms with Gasteiger partial charge in [0.1, 0.15) is 11.8 Å². The zero-order chi connectivity index (χ0) is 28.6. The number of likely N-dealkylation sites (tertiary alicyclic amines) is 1. The van der Waals surface area contributed by atoms with Crippen molar-refractivity contribution in [2.45, 2.75) is 44.9 Å². The number of ether oxygens (including phenoxy) is 1. The number of alkyl halides is 3. The molecule has 2 amide bonds. The monoisotopic (exact) mass is 570 g/mol. The molecule has 0 radical (unpaired) electrons. The lowest BCUT2D eigenvalue weighted by molar-refractivity contribution is -0.137. The molecule has 208 valence electrons. The summed E-state index contributed by atoms with van der Waals surface area (Å²) in [5, 5.41) is 5.76. The third-order valence-corrected chi connectivity index (χ3v) is 7.69. The summed E-state index contributed by atoms with van der Waals surface area (Å²) in [6, 6.07) is 9.61. The highest BCUT2D eigenvalue weighted by atomic mass is 32.1. The normalized spacial score (nSPS) is 17.6. The second kappa shape index (κ2) is 10.8. The minimum atomic E-state index is -4.60. The molecule has 2 unspecified atom stereocenters. The van der Waals surface area contributed by atoms with Crippen molar-refractivity contribution in [2.75, 3.05) is 17.7 Å². The Morgan fingerprint density at radius 3 is 2.60 bits per heavy atom. The topological polar surface area (TPSA) is 109 Å². The first kappa shape index (κ1) is 27.5. The molecule has 2 atom stereocenters. The Hall–Kier alpha value is -4.10. The van der Waals surface area contributed by atoms with E-state index >= 15 is 0 Å². The number of likely N-dealkylation sites (N-methyl/N-ethyl adjacent to an activating group) is 1. The smallest absolute Gasteiger partial charge is 0.416 e. The van der Waals surface area contributed by atoms with Crippen LogP contribution in [0.1, 0.15) is 32.3 Å². The summed E-state index contributed by atoms with van der Waals surface area (Å²) in [6.07, 6.45) is -1.95. The number of hydrogen-bond acceptors (Lipinski definition) is 8. The number of nitrogens with zero attached hydrogens (tertiary/aromatic N) is 4. The number of fused-ring (bicyclic) bond motifs is 1. The summed E-state index contributed by atoms with van der Waals surface area (Å²) >= 11 is 1.28. The predicted molar refractivity (Wildman–Crippen MR) is 145 cm³/mol. The van der Waals surface area contributed by atoms with Crippen molar-refractivity contribution in [3.63, 3.8) is 0 Å². The van der Waals surface area contributed by atoms with Crippen LogP contribution in [0.4, 0.5) is 24.0 Å². The number of amides is 2. The van der Waals surface area contributed by atoms with Gasteiger partial charge >= 0.3 is 6.18 Å². The summed E-state index contributed by atoms with van der Waals surface area (Å²) in [5.74, 6) is -0.152. The number of aromatic nitrogens is 3. The molecule has 5 rings (SSSR count). The molecule has 2 aromatic heterocycles. The fourth-order valence-electron chi connectivity index (χ4n) is 4.56. The standard InChI is InChI=1S/C27H25F3N6O3S/c1-14-7-10-20(36(14)3)25(38)34-19-11-16(27(28,29)30)8-9-17(19)18-12-23(32-13-31-18)39-21-5-4-6-22-24(21)35-26(40-22)33-15(2)37/h4-6,8-9,11-14,20H,7,10H2,1-3H3,(H,34,38)(H,33,35,37). The lowest BCUT2D eigenvalue weighted by Crippen LogP contribution is -2.39. The molecule has 40 heavy (non-hydrogen) atoms. The van der Waals surface area contributed by atoms with Crippen molar-refractivity contribution >= 4 is 44.2 Å². The molecule has 4 aromatic rings. The van der Waals surface area contributed by atoms with Crippen LogP contribution in [0.2, 0.25) is 0 Å². The van der Waals surface area contributed by atoms with Gasteiger partial charge in [-0.15, -0.1) is 0 Å². The molecule has 2 aromatic carbocycles. The van der Waals surface area contributed by atoms with E-state index in [9.17, 15) is 22.8 Å². The van der Waals surface area contributed by atoms with Gasteiger partial charge < -0.3 is 15.4 Å². The minimum Gasteiger partial charge on any atom is -0.437 e. The first-order valence-corrected chi connectivity index (χ1v) is 13.2. The number of halogens is 3. The quantitative estimate of drug-likeness (QED) is 0.295. The molecule has 2 N–H and O–H groups in total. The van der Waals surface area contributed by atoms with E-state index < -0.39 is 17.8 Å². The Bertz CT molecular complexity index is 1590. The highest BCUT2D eigenvalue weighted by molar-refractivity contribution is 7.22. The number of rotatable bonds is 6. The Kier molecular flexibility index (Phi) is 7.43. The molecule has 0 spiro atoms. The van der Waals surface area contributed by atoms with E-state index in [1.165, 1.54) is 36.7 Å². The molecular weight excluding hydrogens is 545 g/mol. The van der Waals surface area contributed by atoms with E-state index in [0.717, 1.165) is 23.3 Å². The average molecular weight is 571 g/mol. The molecule has 0 bridgehead atoms. The second-order valence-electron chi connectivity index (χ2n) is 9.50. The van der Waals surface area contributed by atoms with E-state index in [0.29, 0.717) is 22.8 Å². The van der Waals surface area contributed by atoms with Gasteiger partial charge in [0, 0.05) is 24.6 Å². The van der Waals surface area contributed by atoms with Gasteiger partial charge in [0.05, 0.1) is 27.7 Å². The maximum atomic E-state index is 13.6. The largest absolute Gasteiger partial charge is 0.437 e. The second-order valence-corrected chi connectivity index (χ2v) is 10.5.